The summed E-state index contributed by atoms with van der Waals surface area (Å²) >= 11 is 0. The third-order valence-electron chi connectivity index (χ3n) is 5.83. The fourth-order valence-corrected chi connectivity index (χ4v) is 4.20. The fraction of sp³-hybridized carbons (Fsp3) is 0.360. The van der Waals surface area contributed by atoms with E-state index < -0.39 is 5.60 Å². The largest absolute Gasteiger partial charge is 0.497 e. The molecular formula is C25H27NO6. The number of ether oxygens (including phenoxy) is 4. The van der Waals surface area contributed by atoms with Crippen molar-refractivity contribution in [3.63, 3.8) is 0 Å². The number of Topliss-reactive ketones (excluding diaryl/α,β-unsaturated/α-hetero) is 1. The van der Waals surface area contributed by atoms with Crippen LogP contribution in [0.25, 0.3) is 6.08 Å². The van der Waals surface area contributed by atoms with Crippen molar-refractivity contribution in [3.8, 4) is 23.0 Å². The Morgan fingerprint density at radius 2 is 2.00 bits per heavy atom. The van der Waals surface area contributed by atoms with Crippen molar-refractivity contribution in [1.82, 2.24) is 4.90 Å². The predicted octanol–water partition coefficient (Wildman–Crippen LogP) is 3.75. The summed E-state index contributed by atoms with van der Waals surface area (Å²) in [4.78, 5) is 27.3. The molecule has 2 heterocycles. The van der Waals surface area contributed by atoms with E-state index in [1.54, 1.807) is 43.4 Å². The van der Waals surface area contributed by atoms with E-state index in [-0.39, 0.29) is 18.1 Å². The van der Waals surface area contributed by atoms with Crippen molar-refractivity contribution in [2.45, 2.75) is 25.4 Å². The number of fused-ring (bicyclic) bond motifs is 1. The Bertz CT molecular complexity index is 1060. The SMILES string of the molecule is CCOc1ccc(/C=C/C(=O)N2CCC3(CC(=O)c4cc(OC)ccc4O3)C2)cc1OC. The summed E-state index contributed by atoms with van der Waals surface area (Å²) in [5, 5.41) is 0. The number of amides is 1. The maximum absolute atomic E-state index is 12.8. The molecule has 0 radical (unpaired) electrons. The minimum absolute atomic E-state index is 0.0106. The van der Waals surface area contributed by atoms with Crippen LogP contribution < -0.4 is 18.9 Å². The lowest BCUT2D eigenvalue weighted by atomic mass is 9.89. The number of methoxy groups -OCH3 is 2. The second kappa shape index (κ2) is 8.94. The molecule has 168 valence electrons. The maximum atomic E-state index is 12.8. The molecule has 0 N–H and O–H groups in total. The number of benzene rings is 2. The summed E-state index contributed by atoms with van der Waals surface area (Å²) < 4.78 is 22.3. The average molecular weight is 437 g/mol. The van der Waals surface area contributed by atoms with Crippen molar-refractivity contribution in [2.75, 3.05) is 33.9 Å². The predicted molar refractivity (Wildman–Crippen MR) is 120 cm³/mol. The normalized spacial score (nSPS) is 19.7. The standard InChI is InChI=1S/C25H27NO6/c1-4-31-22-8-5-17(13-23(22)30-3)6-10-24(28)26-12-11-25(16-26)15-20(27)19-14-18(29-2)7-9-21(19)32-25/h5-10,13-14H,4,11-12,15-16H2,1-3H3/b10-6+. The highest BCUT2D eigenvalue weighted by Crippen LogP contribution is 2.40. The van der Waals surface area contributed by atoms with Crippen molar-refractivity contribution in [1.29, 1.82) is 0 Å². The maximum Gasteiger partial charge on any atom is 0.246 e. The van der Waals surface area contributed by atoms with Gasteiger partial charge in [-0.05, 0) is 48.9 Å². The van der Waals surface area contributed by atoms with Crippen LogP contribution in [0.4, 0.5) is 0 Å². The van der Waals surface area contributed by atoms with E-state index >= 15 is 0 Å². The van der Waals surface area contributed by atoms with E-state index in [1.165, 1.54) is 6.08 Å². The van der Waals surface area contributed by atoms with Gasteiger partial charge in [0, 0.05) is 19.0 Å². The lowest BCUT2D eigenvalue weighted by molar-refractivity contribution is -0.125. The van der Waals surface area contributed by atoms with Gasteiger partial charge in [-0.2, -0.15) is 0 Å². The van der Waals surface area contributed by atoms with Crippen LogP contribution in [-0.2, 0) is 4.79 Å². The molecule has 0 aromatic heterocycles. The molecule has 0 aliphatic carbocycles. The molecule has 1 spiro atoms. The zero-order valence-electron chi connectivity index (χ0n) is 18.6. The Morgan fingerprint density at radius 1 is 1.16 bits per heavy atom. The highest BCUT2D eigenvalue weighted by molar-refractivity contribution is 6.01. The quantitative estimate of drug-likeness (QED) is 0.641. The summed E-state index contributed by atoms with van der Waals surface area (Å²) in [5.41, 5.74) is 0.688. The number of hydrogen-bond donors (Lipinski definition) is 0. The van der Waals surface area contributed by atoms with E-state index in [4.69, 9.17) is 18.9 Å². The molecule has 1 saturated heterocycles. The van der Waals surface area contributed by atoms with Crippen LogP contribution in [0.3, 0.4) is 0 Å². The fourth-order valence-electron chi connectivity index (χ4n) is 4.20. The highest BCUT2D eigenvalue weighted by Gasteiger charge is 2.46. The van der Waals surface area contributed by atoms with Crippen LogP contribution in [0.15, 0.2) is 42.5 Å². The number of carbonyl (C=O) groups is 2. The lowest BCUT2D eigenvalue weighted by Gasteiger charge is -2.34. The molecule has 2 aliphatic heterocycles. The Kier molecular flexibility index (Phi) is 6.08. The van der Waals surface area contributed by atoms with Gasteiger partial charge in [0.05, 0.1) is 39.4 Å². The van der Waals surface area contributed by atoms with E-state index in [0.717, 1.165) is 5.56 Å². The molecule has 0 bridgehead atoms. The minimum atomic E-state index is -0.676. The molecule has 7 nitrogen and oxygen atoms in total. The van der Waals surface area contributed by atoms with Crippen LogP contribution in [0.2, 0.25) is 0 Å². The molecule has 1 unspecified atom stereocenters. The zero-order chi connectivity index (χ0) is 22.7. The molecule has 2 aromatic carbocycles. The Morgan fingerprint density at radius 3 is 2.75 bits per heavy atom. The molecule has 32 heavy (non-hydrogen) atoms. The summed E-state index contributed by atoms with van der Waals surface area (Å²) in [5.74, 6) is 2.34. The zero-order valence-corrected chi connectivity index (χ0v) is 18.6. The summed E-state index contributed by atoms with van der Waals surface area (Å²) in [6.45, 7) is 3.37. The highest BCUT2D eigenvalue weighted by atomic mass is 16.5. The number of carbonyl (C=O) groups excluding carboxylic acids is 2. The molecule has 2 aromatic rings. The van der Waals surface area contributed by atoms with Gasteiger partial charge in [0.15, 0.2) is 17.3 Å². The minimum Gasteiger partial charge on any atom is -0.497 e. The van der Waals surface area contributed by atoms with E-state index in [9.17, 15) is 9.59 Å². The smallest absolute Gasteiger partial charge is 0.246 e. The van der Waals surface area contributed by atoms with Gasteiger partial charge in [0.25, 0.3) is 0 Å². The first-order valence-corrected chi connectivity index (χ1v) is 10.6. The van der Waals surface area contributed by atoms with Crippen molar-refractivity contribution >= 4 is 17.8 Å². The molecule has 1 amide bonds. The summed E-state index contributed by atoms with van der Waals surface area (Å²) in [7, 11) is 3.15. The second-order valence-electron chi connectivity index (χ2n) is 7.93. The topological polar surface area (TPSA) is 74.3 Å². The number of rotatable bonds is 6. The van der Waals surface area contributed by atoms with E-state index in [2.05, 4.69) is 0 Å². The third kappa shape index (κ3) is 4.28. The molecule has 4 rings (SSSR count). The Hall–Kier alpha value is -3.48. The molecule has 1 fully saturated rings. The van der Waals surface area contributed by atoms with Crippen LogP contribution >= 0.6 is 0 Å². The Balaban J connectivity index is 1.44. The molecule has 2 aliphatic rings. The van der Waals surface area contributed by atoms with Gasteiger partial charge >= 0.3 is 0 Å². The Labute approximate surface area is 187 Å². The monoisotopic (exact) mass is 437 g/mol. The van der Waals surface area contributed by atoms with Gasteiger partial charge in [0.1, 0.15) is 17.1 Å². The molecule has 1 atom stereocenters. The third-order valence-corrected chi connectivity index (χ3v) is 5.83. The van der Waals surface area contributed by atoms with Crippen molar-refractivity contribution in [2.24, 2.45) is 0 Å². The first-order chi connectivity index (χ1) is 15.5. The first kappa shape index (κ1) is 21.7. The first-order valence-electron chi connectivity index (χ1n) is 10.6. The molecule has 7 heteroatoms. The second-order valence-corrected chi connectivity index (χ2v) is 7.93. The van der Waals surface area contributed by atoms with Gasteiger partial charge < -0.3 is 23.8 Å². The number of likely N-dealkylation sites (tertiary alicyclic amines) is 1. The van der Waals surface area contributed by atoms with Crippen molar-refractivity contribution in [3.05, 3.63) is 53.6 Å². The van der Waals surface area contributed by atoms with E-state index in [1.807, 2.05) is 25.1 Å². The van der Waals surface area contributed by atoms with Crippen LogP contribution in [0, 0.1) is 0 Å². The average Bonchev–Trinajstić information content (AvgIpc) is 3.21. The van der Waals surface area contributed by atoms with Crippen LogP contribution in [0.5, 0.6) is 23.0 Å². The van der Waals surface area contributed by atoms with Crippen LogP contribution in [-0.4, -0.2) is 56.1 Å². The molecule has 0 saturated carbocycles. The van der Waals surface area contributed by atoms with Crippen molar-refractivity contribution < 1.29 is 28.5 Å². The van der Waals surface area contributed by atoms with Gasteiger partial charge in [-0.3, -0.25) is 9.59 Å². The van der Waals surface area contributed by atoms with Crippen LogP contribution in [0.1, 0.15) is 35.7 Å². The van der Waals surface area contributed by atoms with Gasteiger partial charge in [-0.1, -0.05) is 6.07 Å². The summed E-state index contributed by atoms with van der Waals surface area (Å²) in [6.07, 6.45) is 4.15. The lowest BCUT2D eigenvalue weighted by Crippen LogP contribution is -2.45. The van der Waals surface area contributed by atoms with E-state index in [0.29, 0.717) is 54.7 Å². The van der Waals surface area contributed by atoms with Gasteiger partial charge in [-0.25, -0.2) is 0 Å². The number of hydrogen-bond acceptors (Lipinski definition) is 6. The summed E-state index contributed by atoms with van der Waals surface area (Å²) in [6, 6.07) is 10.8. The van der Waals surface area contributed by atoms with Gasteiger partial charge in [-0.15, -0.1) is 0 Å². The molecular weight excluding hydrogens is 410 g/mol. The number of ketones is 1. The van der Waals surface area contributed by atoms with Gasteiger partial charge in [0.2, 0.25) is 5.91 Å². The number of nitrogens with zero attached hydrogens (tertiary/aromatic N) is 1.